The average molecular weight is 332 g/mol. The maximum atomic E-state index is 12.8. The van der Waals surface area contributed by atoms with Crippen LogP contribution in [0.4, 0.5) is 0 Å². The Labute approximate surface area is 139 Å². The lowest BCUT2D eigenvalue weighted by Crippen LogP contribution is -2.34. The number of aryl methyl sites for hydroxylation is 1. The average Bonchev–Trinajstić information content (AvgIpc) is 3.19. The maximum absolute atomic E-state index is 12.8. The van der Waals surface area contributed by atoms with Gasteiger partial charge in [-0.25, -0.2) is 0 Å². The van der Waals surface area contributed by atoms with Crippen molar-refractivity contribution in [3.63, 3.8) is 0 Å². The number of carbonyl (C=O) groups is 1. The van der Waals surface area contributed by atoms with Crippen LogP contribution in [0, 0.1) is 0 Å². The molecular formula is C17H20N2O3S. The second kappa shape index (κ2) is 6.43. The molecule has 1 fully saturated rings. The van der Waals surface area contributed by atoms with Gasteiger partial charge in [-0.2, -0.15) is 0 Å². The molecule has 0 aromatic carbocycles. The van der Waals surface area contributed by atoms with E-state index in [0.717, 1.165) is 68.0 Å². The predicted molar refractivity (Wildman–Crippen MR) is 87.6 cm³/mol. The number of hydrogen-bond donors (Lipinski definition) is 0. The molecule has 2 aromatic heterocycles. The largest absolute Gasteiger partial charge is 0.468 e. The Morgan fingerprint density at radius 1 is 1.30 bits per heavy atom. The summed E-state index contributed by atoms with van der Waals surface area (Å²) in [6.07, 6.45) is 6.69. The van der Waals surface area contributed by atoms with Crippen LogP contribution in [0.2, 0.25) is 0 Å². The van der Waals surface area contributed by atoms with E-state index in [4.69, 9.17) is 8.94 Å². The van der Waals surface area contributed by atoms with Crippen molar-refractivity contribution >= 4 is 17.7 Å². The molecule has 0 radical (unpaired) electrons. The molecule has 3 heterocycles. The SMILES string of the molecule is O=C(c1noc2c1CCCC2)N1CCS[C@@H](c2ccco2)CC1. The molecule has 1 saturated heterocycles. The fraction of sp³-hybridized carbons (Fsp3) is 0.529. The molecule has 0 saturated carbocycles. The number of furan rings is 1. The van der Waals surface area contributed by atoms with Gasteiger partial charge in [0.2, 0.25) is 0 Å². The normalized spacial score (nSPS) is 21.7. The summed E-state index contributed by atoms with van der Waals surface area (Å²) in [7, 11) is 0. The lowest BCUT2D eigenvalue weighted by atomic mass is 9.96. The van der Waals surface area contributed by atoms with Gasteiger partial charge in [0.15, 0.2) is 5.69 Å². The second-order valence-corrected chi connectivity index (χ2v) is 7.41. The molecule has 6 heteroatoms. The molecule has 1 aliphatic carbocycles. The van der Waals surface area contributed by atoms with Crippen molar-refractivity contribution < 1.29 is 13.7 Å². The van der Waals surface area contributed by atoms with E-state index in [9.17, 15) is 4.79 Å². The first-order valence-electron chi connectivity index (χ1n) is 8.24. The van der Waals surface area contributed by atoms with Gasteiger partial charge in [0, 0.05) is 30.8 Å². The van der Waals surface area contributed by atoms with Crippen LogP contribution in [-0.4, -0.2) is 34.8 Å². The third-order valence-electron chi connectivity index (χ3n) is 4.64. The highest BCUT2D eigenvalue weighted by Gasteiger charge is 2.29. The van der Waals surface area contributed by atoms with Crippen LogP contribution in [0.3, 0.4) is 0 Å². The molecule has 122 valence electrons. The molecular weight excluding hydrogens is 312 g/mol. The topological polar surface area (TPSA) is 59.5 Å². The van der Waals surface area contributed by atoms with E-state index < -0.39 is 0 Å². The first-order chi connectivity index (χ1) is 11.3. The summed E-state index contributed by atoms with van der Waals surface area (Å²) in [5, 5.41) is 4.41. The summed E-state index contributed by atoms with van der Waals surface area (Å²) in [5.74, 6) is 2.86. The molecule has 0 N–H and O–H groups in total. The van der Waals surface area contributed by atoms with Crippen LogP contribution in [0.5, 0.6) is 0 Å². The van der Waals surface area contributed by atoms with Gasteiger partial charge in [-0.15, -0.1) is 11.8 Å². The molecule has 5 nitrogen and oxygen atoms in total. The van der Waals surface area contributed by atoms with Gasteiger partial charge in [0.1, 0.15) is 11.5 Å². The molecule has 4 rings (SSSR count). The lowest BCUT2D eigenvalue weighted by Gasteiger charge is -2.19. The van der Waals surface area contributed by atoms with Crippen molar-refractivity contribution in [3.8, 4) is 0 Å². The summed E-state index contributed by atoms with van der Waals surface area (Å²) >= 11 is 1.86. The summed E-state index contributed by atoms with van der Waals surface area (Å²) in [4.78, 5) is 14.8. The smallest absolute Gasteiger partial charge is 0.276 e. The quantitative estimate of drug-likeness (QED) is 0.843. The number of hydrogen-bond acceptors (Lipinski definition) is 5. The fourth-order valence-electron chi connectivity index (χ4n) is 3.38. The number of rotatable bonds is 2. The molecule has 2 aliphatic rings. The zero-order valence-electron chi connectivity index (χ0n) is 13.0. The summed E-state index contributed by atoms with van der Waals surface area (Å²) in [6, 6.07) is 3.94. The molecule has 23 heavy (non-hydrogen) atoms. The lowest BCUT2D eigenvalue weighted by molar-refractivity contribution is 0.0754. The van der Waals surface area contributed by atoms with E-state index in [1.807, 2.05) is 28.8 Å². The molecule has 1 atom stereocenters. The fourth-order valence-corrected chi connectivity index (χ4v) is 4.56. The number of carbonyl (C=O) groups excluding carboxylic acids is 1. The van der Waals surface area contributed by atoms with Crippen LogP contribution in [0.15, 0.2) is 27.3 Å². The summed E-state index contributed by atoms with van der Waals surface area (Å²) in [5.41, 5.74) is 1.59. The second-order valence-electron chi connectivity index (χ2n) is 6.10. The first kappa shape index (κ1) is 14.9. The van der Waals surface area contributed by atoms with Gasteiger partial charge in [-0.3, -0.25) is 4.79 Å². The van der Waals surface area contributed by atoms with E-state index in [1.165, 1.54) is 0 Å². The zero-order chi connectivity index (χ0) is 15.6. The van der Waals surface area contributed by atoms with Gasteiger partial charge < -0.3 is 13.8 Å². The first-order valence-corrected chi connectivity index (χ1v) is 9.29. The van der Waals surface area contributed by atoms with Gasteiger partial charge >= 0.3 is 0 Å². The monoisotopic (exact) mass is 332 g/mol. The van der Waals surface area contributed by atoms with Crippen molar-refractivity contribution in [1.82, 2.24) is 10.1 Å². The van der Waals surface area contributed by atoms with Crippen LogP contribution < -0.4 is 0 Å². The predicted octanol–water partition coefficient (Wildman–Crippen LogP) is 3.47. The highest BCUT2D eigenvalue weighted by Crippen LogP contribution is 2.35. The Morgan fingerprint density at radius 3 is 3.09 bits per heavy atom. The Morgan fingerprint density at radius 2 is 2.22 bits per heavy atom. The summed E-state index contributed by atoms with van der Waals surface area (Å²) < 4.78 is 10.9. The van der Waals surface area contributed by atoms with E-state index in [-0.39, 0.29) is 5.91 Å². The number of amides is 1. The van der Waals surface area contributed by atoms with E-state index in [1.54, 1.807) is 6.26 Å². The van der Waals surface area contributed by atoms with E-state index in [0.29, 0.717) is 10.9 Å². The number of fused-ring (bicyclic) bond motifs is 1. The van der Waals surface area contributed by atoms with Crippen molar-refractivity contribution in [2.24, 2.45) is 0 Å². The van der Waals surface area contributed by atoms with Crippen molar-refractivity contribution in [2.45, 2.75) is 37.4 Å². The minimum atomic E-state index is 0.0256. The Balaban J connectivity index is 1.48. The number of thioether (sulfide) groups is 1. The van der Waals surface area contributed by atoms with Gasteiger partial charge in [0.25, 0.3) is 5.91 Å². The molecule has 0 unspecified atom stereocenters. The number of aromatic nitrogens is 1. The van der Waals surface area contributed by atoms with Crippen molar-refractivity contribution in [3.05, 3.63) is 41.2 Å². The Hall–Kier alpha value is -1.69. The molecule has 2 aromatic rings. The van der Waals surface area contributed by atoms with E-state index >= 15 is 0 Å². The Bertz CT molecular complexity index is 680. The maximum Gasteiger partial charge on any atom is 0.276 e. The van der Waals surface area contributed by atoms with Gasteiger partial charge in [-0.05, 0) is 37.8 Å². The van der Waals surface area contributed by atoms with Crippen LogP contribution in [0.25, 0.3) is 0 Å². The Kier molecular flexibility index (Phi) is 4.16. The number of nitrogens with zero attached hydrogens (tertiary/aromatic N) is 2. The summed E-state index contributed by atoms with van der Waals surface area (Å²) in [6.45, 7) is 1.49. The molecule has 1 aliphatic heterocycles. The van der Waals surface area contributed by atoms with E-state index in [2.05, 4.69) is 5.16 Å². The van der Waals surface area contributed by atoms with Crippen LogP contribution >= 0.6 is 11.8 Å². The highest BCUT2D eigenvalue weighted by molar-refractivity contribution is 7.99. The van der Waals surface area contributed by atoms with Gasteiger partial charge in [0.05, 0.1) is 11.5 Å². The third kappa shape index (κ3) is 2.92. The van der Waals surface area contributed by atoms with Gasteiger partial charge in [-0.1, -0.05) is 5.16 Å². The van der Waals surface area contributed by atoms with Crippen LogP contribution in [-0.2, 0) is 12.8 Å². The minimum absolute atomic E-state index is 0.0256. The molecule has 0 bridgehead atoms. The highest BCUT2D eigenvalue weighted by atomic mass is 32.2. The van der Waals surface area contributed by atoms with Crippen molar-refractivity contribution in [2.75, 3.05) is 18.8 Å². The molecule has 0 spiro atoms. The van der Waals surface area contributed by atoms with Crippen molar-refractivity contribution in [1.29, 1.82) is 0 Å². The zero-order valence-corrected chi connectivity index (χ0v) is 13.8. The molecule has 1 amide bonds. The third-order valence-corrected chi connectivity index (χ3v) is 5.93. The van der Waals surface area contributed by atoms with Crippen LogP contribution in [0.1, 0.15) is 52.1 Å². The standard InChI is InChI=1S/C17H20N2O3S/c20-17(16-12-4-1-2-5-13(12)22-18-16)19-8-7-15(23-11-9-19)14-6-3-10-21-14/h3,6,10,15H,1-2,4-5,7-9,11H2/t15-/m1/s1. The minimum Gasteiger partial charge on any atom is -0.468 e.